The number of aromatic nitrogens is 1. The Morgan fingerprint density at radius 1 is 1.30 bits per heavy atom. The molecule has 1 aliphatic rings. The maximum atomic E-state index is 13.4. The number of fused-ring (bicyclic) bond motifs is 1. The molecule has 1 unspecified atom stereocenters. The lowest BCUT2D eigenvalue weighted by molar-refractivity contribution is -0.0504. The van der Waals surface area contributed by atoms with Crippen molar-refractivity contribution in [3.05, 3.63) is 35.5 Å². The summed E-state index contributed by atoms with van der Waals surface area (Å²) in [4.78, 5) is 11.6. The van der Waals surface area contributed by atoms with E-state index in [-0.39, 0.29) is 24.8 Å². The summed E-state index contributed by atoms with van der Waals surface area (Å²) in [6, 6.07) is 7.42. The number of carboxylic acid groups (broad SMARTS) is 1. The molecular formula is C18H21F2NO2. The summed E-state index contributed by atoms with van der Waals surface area (Å²) in [5.74, 6) is -3.35. The molecule has 1 N–H and O–H groups in total. The molecule has 1 aromatic carbocycles. The van der Waals surface area contributed by atoms with E-state index in [1.54, 1.807) is 6.92 Å². The van der Waals surface area contributed by atoms with Crippen LogP contribution in [0.1, 0.15) is 54.7 Å². The molecule has 3 nitrogen and oxygen atoms in total. The van der Waals surface area contributed by atoms with E-state index < -0.39 is 11.9 Å². The van der Waals surface area contributed by atoms with E-state index in [0.29, 0.717) is 29.5 Å². The second-order valence-electron chi connectivity index (χ2n) is 6.59. The molecule has 23 heavy (non-hydrogen) atoms. The second-order valence-corrected chi connectivity index (χ2v) is 6.59. The van der Waals surface area contributed by atoms with Gasteiger partial charge in [0.1, 0.15) is 0 Å². The Balaban J connectivity index is 2.03. The van der Waals surface area contributed by atoms with Crippen LogP contribution in [0.25, 0.3) is 10.9 Å². The van der Waals surface area contributed by atoms with Crippen LogP contribution in [0.3, 0.4) is 0 Å². The van der Waals surface area contributed by atoms with Crippen molar-refractivity contribution >= 4 is 16.9 Å². The molecule has 1 aliphatic carbocycles. The van der Waals surface area contributed by atoms with Gasteiger partial charge in [-0.1, -0.05) is 18.2 Å². The molecule has 1 atom stereocenters. The van der Waals surface area contributed by atoms with Crippen LogP contribution in [0, 0.1) is 12.8 Å². The van der Waals surface area contributed by atoms with E-state index in [0.717, 1.165) is 5.52 Å². The fourth-order valence-electron chi connectivity index (χ4n) is 3.94. The van der Waals surface area contributed by atoms with E-state index in [2.05, 4.69) is 0 Å². The Kier molecular flexibility index (Phi) is 3.90. The molecule has 1 heterocycles. The van der Waals surface area contributed by atoms with Crippen molar-refractivity contribution in [2.24, 2.45) is 5.92 Å². The first-order chi connectivity index (χ1) is 10.8. The molecule has 0 bridgehead atoms. The molecule has 0 radical (unpaired) electrons. The summed E-state index contributed by atoms with van der Waals surface area (Å²) in [5, 5.41) is 10.2. The van der Waals surface area contributed by atoms with Crippen LogP contribution in [0.2, 0.25) is 0 Å². The van der Waals surface area contributed by atoms with Crippen LogP contribution in [-0.4, -0.2) is 21.6 Å². The van der Waals surface area contributed by atoms with Gasteiger partial charge in [0.05, 0.1) is 5.56 Å². The lowest BCUT2D eigenvalue weighted by Crippen LogP contribution is -2.29. The van der Waals surface area contributed by atoms with E-state index in [1.165, 1.54) is 0 Å². The van der Waals surface area contributed by atoms with Crippen LogP contribution < -0.4 is 0 Å². The number of carbonyl (C=O) groups is 1. The van der Waals surface area contributed by atoms with Gasteiger partial charge in [0.15, 0.2) is 0 Å². The largest absolute Gasteiger partial charge is 0.478 e. The Bertz CT molecular complexity index is 741. The number of rotatable bonds is 3. The highest BCUT2D eigenvalue weighted by molar-refractivity contribution is 6.05. The van der Waals surface area contributed by atoms with Gasteiger partial charge >= 0.3 is 5.97 Å². The fourth-order valence-corrected chi connectivity index (χ4v) is 3.94. The van der Waals surface area contributed by atoms with Gasteiger partial charge in [-0.15, -0.1) is 0 Å². The standard InChI is InChI=1S/C18H21F2NO2/c1-11(13-7-9-18(19,20)10-8-13)21-12(2)16(17(22)23)14-5-3-4-6-15(14)21/h3-6,11,13H,7-10H2,1-2H3,(H,22,23). The predicted molar refractivity (Wildman–Crippen MR) is 85.3 cm³/mol. The number of halogens is 2. The zero-order chi connectivity index (χ0) is 16.8. The van der Waals surface area contributed by atoms with Gasteiger partial charge in [0.25, 0.3) is 0 Å². The maximum Gasteiger partial charge on any atom is 0.338 e. The Hall–Kier alpha value is -1.91. The van der Waals surface area contributed by atoms with Crippen LogP contribution in [0.15, 0.2) is 24.3 Å². The number of hydrogen-bond acceptors (Lipinski definition) is 1. The second kappa shape index (κ2) is 5.62. The number of nitrogens with zero attached hydrogens (tertiary/aromatic N) is 1. The first kappa shape index (κ1) is 16.0. The minimum absolute atomic E-state index is 0.00380. The summed E-state index contributed by atoms with van der Waals surface area (Å²) >= 11 is 0. The lowest BCUT2D eigenvalue weighted by atomic mass is 9.82. The van der Waals surface area contributed by atoms with Crippen LogP contribution in [0.4, 0.5) is 8.78 Å². The van der Waals surface area contributed by atoms with Crippen molar-refractivity contribution < 1.29 is 18.7 Å². The number of alkyl halides is 2. The van der Waals surface area contributed by atoms with Gasteiger partial charge in [-0.05, 0) is 38.7 Å². The number of benzene rings is 1. The lowest BCUT2D eigenvalue weighted by Gasteiger charge is -2.33. The molecular weight excluding hydrogens is 300 g/mol. The smallest absolute Gasteiger partial charge is 0.338 e. The number of hydrogen-bond donors (Lipinski definition) is 1. The number of carboxylic acids is 1. The molecule has 5 heteroatoms. The van der Waals surface area contributed by atoms with Gasteiger partial charge in [-0.25, -0.2) is 13.6 Å². The monoisotopic (exact) mass is 321 g/mol. The van der Waals surface area contributed by atoms with E-state index in [9.17, 15) is 18.7 Å². The molecule has 0 aliphatic heterocycles. The predicted octanol–water partition coefficient (Wildman–Crippen LogP) is 5.03. The summed E-state index contributed by atoms with van der Waals surface area (Å²) < 4.78 is 28.8. The van der Waals surface area contributed by atoms with E-state index in [4.69, 9.17) is 0 Å². The van der Waals surface area contributed by atoms with Crippen molar-refractivity contribution in [2.75, 3.05) is 0 Å². The van der Waals surface area contributed by atoms with Crippen molar-refractivity contribution in [3.63, 3.8) is 0 Å². The average Bonchev–Trinajstić information content (AvgIpc) is 2.78. The molecule has 0 amide bonds. The van der Waals surface area contributed by atoms with Gasteiger partial charge in [0, 0.05) is 35.5 Å². The molecule has 124 valence electrons. The normalized spacial score (nSPS) is 19.8. The highest BCUT2D eigenvalue weighted by Gasteiger charge is 2.37. The van der Waals surface area contributed by atoms with Gasteiger partial charge in [0.2, 0.25) is 5.92 Å². The molecule has 1 aromatic heterocycles. The number of para-hydroxylation sites is 1. The first-order valence-corrected chi connectivity index (χ1v) is 8.02. The average molecular weight is 321 g/mol. The zero-order valence-corrected chi connectivity index (χ0v) is 13.4. The zero-order valence-electron chi connectivity index (χ0n) is 13.4. The van der Waals surface area contributed by atoms with Crippen LogP contribution >= 0.6 is 0 Å². The molecule has 0 spiro atoms. The SMILES string of the molecule is Cc1c(C(=O)O)c2ccccc2n1C(C)C1CCC(F)(F)CC1. The topological polar surface area (TPSA) is 42.2 Å². The van der Waals surface area contributed by atoms with E-state index >= 15 is 0 Å². The molecule has 0 saturated heterocycles. The number of aromatic carboxylic acids is 1. The third-order valence-corrected chi connectivity index (χ3v) is 5.22. The highest BCUT2D eigenvalue weighted by Crippen LogP contribution is 2.42. The summed E-state index contributed by atoms with van der Waals surface area (Å²) in [7, 11) is 0. The Morgan fingerprint density at radius 2 is 1.91 bits per heavy atom. The first-order valence-electron chi connectivity index (χ1n) is 8.02. The summed E-state index contributed by atoms with van der Waals surface area (Å²) in [5.41, 5.74) is 1.88. The maximum absolute atomic E-state index is 13.4. The molecule has 2 aromatic rings. The van der Waals surface area contributed by atoms with E-state index in [1.807, 2.05) is 35.8 Å². The molecule has 1 saturated carbocycles. The summed E-state index contributed by atoms with van der Waals surface area (Å²) in [6.07, 6.45) is 0.795. The Labute approximate surface area is 133 Å². The third kappa shape index (κ3) is 2.73. The van der Waals surface area contributed by atoms with Gasteiger partial charge in [-0.2, -0.15) is 0 Å². The quantitative estimate of drug-likeness (QED) is 0.861. The third-order valence-electron chi connectivity index (χ3n) is 5.22. The Morgan fingerprint density at radius 3 is 2.52 bits per heavy atom. The minimum Gasteiger partial charge on any atom is -0.478 e. The fraction of sp³-hybridized carbons (Fsp3) is 0.500. The summed E-state index contributed by atoms with van der Waals surface area (Å²) in [6.45, 7) is 3.82. The van der Waals surface area contributed by atoms with Gasteiger partial charge < -0.3 is 9.67 Å². The van der Waals surface area contributed by atoms with Crippen molar-refractivity contribution in [2.45, 2.75) is 51.5 Å². The van der Waals surface area contributed by atoms with Crippen molar-refractivity contribution in [1.82, 2.24) is 4.57 Å². The van der Waals surface area contributed by atoms with Crippen molar-refractivity contribution in [1.29, 1.82) is 0 Å². The van der Waals surface area contributed by atoms with Crippen molar-refractivity contribution in [3.8, 4) is 0 Å². The molecule has 3 rings (SSSR count). The highest BCUT2D eigenvalue weighted by atomic mass is 19.3. The van der Waals surface area contributed by atoms with Gasteiger partial charge in [-0.3, -0.25) is 0 Å². The van der Waals surface area contributed by atoms with Crippen LogP contribution in [0.5, 0.6) is 0 Å². The van der Waals surface area contributed by atoms with Crippen LogP contribution in [-0.2, 0) is 0 Å². The molecule has 1 fully saturated rings. The minimum atomic E-state index is -2.55.